The molecule has 12 nitrogen and oxygen atoms in total. The van der Waals surface area contributed by atoms with Crippen molar-refractivity contribution in [3.8, 4) is 5.00 Å². The molecule has 1 fully saturated rings. The van der Waals surface area contributed by atoms with Gasteiger partial charge >= 0.3 is 0 Å². The summed E-state index contributed by atoms with van der Waals surface area (Å²) in [7, 11) is 0. The van der Waals surface area contributed by atoms with Crippen molar-refractivity contribution in [2.75, 3.05) is 6.54 Å². The molecule has 308 valence electrons. The highest BCUT2D eigenvalue weighted by Crippen LogP contribution is 2.40. The van der Waals surface area contributed by atoms with E-state index in [1.807, 2.05) is 72.2 Å². The molecule has 3 aromatic carbocycles. The smallest absolute Gasteiger partial charge is 0.262 e. The van der Waals surface area contributed by atoms with Crippen LogP contribution in [-0.4, -0.2) is 72.4 Å². The van der Waals surface area contributed by atoms with E-state index in [2.05, 4.69) is 29.4 Å². The van der Waals surface area contributed by atoms with E-state index in [-0.39, 0.29) is 43.2 Å². The monoisotopic (exact) mass is 843 g/mol. The number of thiophene rings is 1. The second-order valence-electron chi connectivity index (χ2n) is 15.7. The summed E-state index contributed by atoms with van der Waals surface area (Å²) in [6.07, 6.45) is 5.70. The maximum atomic E-state index is 13.6. The Morgan fingerprint density at radius 1 is 0.850 bits per heavy atom. The van der Waals surface area contributed by atoms with Gasteiger partial charge in [-0.3, -0.25) is 43.3 Å². The zero-order chi connectivity index (χ0) is 42.1. The zero-order valence-corrected chi connectivity index (χ0v) is 35.4. The molecule has 8 rings (SSSR count). The third kappa shape index (κ3) is 8.08. The van der Waals surface area contributed by atoms with Crippen molar-refractivity contribution in [2.45, 2.75) is 97.2 Å². The van der Waals surface area contributed by atoms with Crippen LogP contribution in [-0.2, 0) is 27.3 Å². The highest BCUT2D eigenvalue weighted by molar-refractivity contribution is 7.15. The number of carbonyl (C=O) groups is 5. The van der Waals surface area contributed by atoms with Gasteiger partial charge in [0.2, 0.25) is 11.8 Å². The Labute approximate surface area is 357 Å². The predicted octanol–water partition coefficient (Wildman–Crippen LogP) is 7.81. The minimum absolute atomic E-state index is 0.0807. The number of halogens is 1. The topological polar surface area (TPSA) is 147 Å². The second-order valence-corrected chi connectivity index (χ2v) is 17.3. The molecular weight excluding hydrogens is 798 g/mol. The molecule has 5 aromatic rings. The minimum Gasteiger partial charge on any atom is -0.356 e. The first-order valence-corrected chi connectivity index (χ1v) is 21.7. The number of nitrogens with one attached hydrogen (secondary N) is 1. The number of imide groups is 2. The highest BCUT2D eigenvalue weighted by Gasteiger charge is 2.47. The van der Waals surface area contributed by atoms with Crippen molar-refractivity contribution in [3.63, 3.8) is 0 Å². The van der Waals surface area contributed by atoms with Crippen LogP contribution in [0.5, 0.6) is 0 Å². The number of carbonyl (C=O) groups excluding carboxylic acids is 5. The van der Waals surface area contributed by atoms with Crippen molar-refractivity contribution in [1.82, 2.24) is 29.9 Å². The van der Waals surface area contributed by atoms with Crippen LogP contribution in [0.1, 0.15) is 122 Å². The van der Waals surface area contributed by atoms with E-state index in [4.69, 9.17) is 16.6 Å². The molecule has 2 aromatic heterocycles. The number of aryl methyl sites for hydroxylation is 3. The molecule has 60 heavy (non-hydrogen) atoms. The van der Waals surface area contributed by atoms with Gasteiger partial charge in [0, 0.05) is 34.0 Å². The minimum atomic E-state index is -1.01. The molecule has 0 saturated carbocycles. The first kappa shape index (κ1) is 41.0. The second kappa shape index (κ2) is 17.4. The molecule has 0 bridgehead atoms. The molecule has 14 heteroatoms. The zero-order valence-electron chi connectivity index (χ0n) is 33.9. The average Bonchev–Trinajstić information content (AvgIpc) is 3.81. The number of unbranched alkanes of at least 4 members (excludes halogenated alkanes) is 4. The Morgan fingerprint density at radius 2 is 1.58 bits per heavy atom. The number of fused-ring (bicyclic) bond motifs is 4. The van der Waals surface area contributed by atoms with Gasteiger partial charge in [0.15, 0.2) is 5.82 Å². The summed E-state index contributed by atoms with van der Waals surface area (Å²) >= 11 is 7.91. The molecule has 5 amide bonds. The normalized spacial score (nSPS) is 17.4. The van der Waals surface area contributed by atoms with Gasteiger partial charge < -0.3 is 5.32 Å². The fourth-order valence-electron chi connectivity index (χ4n) is 8.33. The van der Waals surface area contributed by atoms with Crippen LogP contribution in [0.2, 0.25) is 5.02 Å². The number of aliphatic imine (C=N–C) groups is 1. The molecule has 3 aliphatic heterocycles. The lowest BCUT2D eigenvalue weighted by Crippen LogP contribution is -2.55. The third-order valence-electron chi connectivity index (χ3n) is 11.7. The molecule has 0 spiro atoms. The summed E-state index contributed by atoms with van der Waals surface area (Å²) < 4.78 is 2.05. The summed E-state index contributed by atoms with van der Waals surface area (Å²) in [6, 6.07) is 20.6. The van der Waals surface area contributed by atoms with Crippen LogP contribution >= 0.6 is 22.9 Å². The standard InChI is InChI=1S/C46H46ClN7O5S/c1-27-28(2)60-46-40(27)41(32-16-18-33(47)19-17-32)49-36(42-51-50-29(3)53(42)46)25-38(55)48-23-11-6-4-5-8-12-30-15-20-34-35(24-30)44(58)54(43(34)57)37-21-22-39(56)52(45(37)59)26-31-13-9-7-10-14-31/h7,9-10,13-20,24,36-37H,4-6,8,11-12,21-23,25-26H2,1-3H3,(H,48,55)/t36-,37?/m0/s1. The predicted molar refractivity (Wildman–Crippen MR) is 230 cm³/mol. The molecule has 2 atom stereocenters. The lowest BCUT2D eigenvalue weighted by Gasteiger charge is -2.34. The van der Waals surface area contributed by atoms with E-state index in [0.717, 1.165) is 92.7 Å². The van der Waals surface area contributed by atoms with Crippen molar-refractivity contribution in [2.24, 2.45) is 4.99 Å². The Morgan fingerprint density at radius 3 is 2.37 bits per heavy atom. The van der Waals surface area contributed by atoms with E-state index < -0.39 is 29.8 Å². The average molecular weight is 844 g/mol. The van der Waals surface area contributed by atoms with Gasteiger partial charge in [0.1, 0.15) is 22.9 Å². The number of hydrogen-bond acceptors (Lipinski definition) is 9. The van der Waals surface area contributed by atoms with Gasteiger partial charge in [0.05, 0.1) is 29.8 Å². The van der Waals surface area contributed by atoms with Crippen LogP contribution in [0.4, 0.5) is 0 Å². The summed E-state index contributed by atoms with van der Waals surface area (Å²) in [5, 5.41) is 13.6. The maximum absolute atomic E-state index is 13.6. The number of amides is 5. The van der Waals surface area contributed by atoms with Gasteiger partial charge in [0.25, 0.3) is 17.7 Å². The Hall–Kier alpha value is -5.79. The summed E-state index contributed by atoms with van der Waals surface area (Å²) in [5.41, 5.74) is 6.24. The van der Waals surface area contributed by atoms with Crippen LogP contribution in [0.25, 0.3) is 5.00 Å². The lowest BCUT2D eigenvalue weighted by molar-refractivity contribution is -0.152. The van der Waals surface area contributed by atoms with Crippen molar-refractivity contribution in [3.05, 3.63) is 133 Å². The molecule has 1 saturated heterocycles. The van der Waals surface area contributed by atoms with Crippen molar-refractivity contribution < 1.29 is 24.0 Å². The summed E-state index contributed by atoms with van der Waals surface area (Å²) in [4.78, 5) is 75.2. The molecular formula is C46H46ClN7O5S. The van der Waals surface area contributed by atoms with E-state index in [1.54, 1.807) is 23.5 Å². The molecule has 1 N–H and O–H groups in total. The first-order valence-electron chi connectivity index (χ1n) is 20.5. The summed E-state index contributed by atoms with van der Waals surface area (Å²) in [5.74, 6) is -0.518. The number of nitrogens with zero attached hydrogens (tertiary/aromatic N) is 6. The molecule has 3 aliphatic rings. The number of hydrogen-bond donors (Lipinski definition) is 1. The molecule has 0 aliphatic carbocycles. The quantitative estimate of drug-likeness (QED) is 0.0886. The SMILES string of the molecule is Cc1sc2c(c1C)C(c1ccc(Cl)cc1)=N[C@@H](CC(=O)NCCCCCCCc1ccc3c(c1)C(=O)N(C1CCC(=O)N(Cc4ccccc4)C1=O)C3=O)c1nnc(C)n1-2. The van der Waals surface area contributed by atoms with Crippen LogP contribution in [0, 0.1) is 20.8 Å². The van der Waals surface area contributed by atoms with E-state index >= 15 is 0 Å². The van der Waals surface area contributed by atoms with Crippen LogP contribution in [0.3, 0.4) is 0 Å². The third-order valence-corrected chi connectivity index (χ3v) is 13.1. The van der Waals surface area contributed by atoms with Gasteiger partial charge in [-0.1, -0.05) is 79.4 Å². The Kier molecular flexibility index (Phi) is 11.9. The van der Waals surface area contributed by atoms with Crippen molar-refractivity contribution in [1.29, 1.82) is 0 Å². The fourth-order valence-corrected chi connectivity index (χ4v) is 9.67. The van der Waals surface area contributed by atoms with Gasteiger partial charge in [-0.05, 0) is 87.4 Å². The largest absolute Gasteiger partial charge is 0.356 e. The molecule has 0 radical (unpaired) electrons. The van der Waals surface area contributed by atoms with Gasteiger partial charge in [-0.25, -0.2) is 0 Å². The molecule has 5 heterocycles. The van der Waals surface area contributed by atoms with Gasteiger partial charge in [-0.15, -0.1) is 21.5 Å². The Bertz CT molecular complexity index is 2530. The number of rotatable bonds is 14. The van der Waals surface area contributed by atoms with Gasteiger partial charge in [-0.2, -0.15) is 0 Å². The van der Waals surface area contributed by atoms with Crippen LogP contribution < -0.4 is 5.32 Å². The highest BCUT2D eigenvalue weighted by atomic mass is 35.5. The Balaban J connectivity index is 0.813. The van der Waals surface area contributed by atoms with Crippen molar-refractivity contribution >= 4 is 58.2 Å². The van der Waals surface area contributed by atoms with E-state index in [0.29, 0.717) is 23.0 Å². The lowest BCUT2D eigenvalue weighted by atomic mass is 9.99. The van der Waals surface area contributed by atoms with Crippen LogP contribution in [0.15, 0.2) is 77.8 Å². The number of aromatic nitrogens is 3. The number of piperidine rings is 1. The van der Waals surface area contributed by atoms with E-state index in [1.165, 1.54) is 4.88 Å². The molecule has 1 unspecified atom stereocenters. The first-order chi connectivity index (χ1) is 29.0. The summed E-state index contributed by atoms with van der Waals surface area (Å²) in [6.45, 7) is 6.77. The number of likely N-dealkylation sites (tertiary alicyclic amines) is 1. The van der Waals surface area contributed by atoms with E-state index in [9.17, 15) is 24.0 Å². The number of benzene rings is 3. The maximum Gasteiger partial charge on any atom is 0.262 e. The fraction of sp³-hybridized carbons (Fsp3) is 0.348.